The highest BCUT2D eigenvalue weighted by Crippen LogP contribution is 2.14. The summed E-state index contributed by atoms with van der Waals surface area (Å²) in [6.45, 7) is 6.40. The molecule has 1 aliphatic heterocycles. The van der Waals surface area contributed by atoms with E-state index in [1.807, 2.05) is 49.4 Å². The lowest BCUT2D eigenvalue weighted by molar-refractivity contribution is 0.0369. The third-order valence-electron chi connectivity index (χ3n) is 6.17. The second-order valence-electron chi connectivity index (χ2n) is 8.55. The molecular weight excluding hydrogens is 458 g/mol. The monoisotopic (exact) mass is 489 g/mol. The fourth-order valence-corrected chi connectivity index (χ4v) is 4.24. The number of morpholine rings is 1. The van der Waals surface area contributed by atoms with Crippen molar-refractivity contribution in [1.29, 1.82) is 5.41 Å². The van der Waals surface area contributed by atoms with Crippen LogP contribution in [-0.2, 0) is 16.0 Å². The predicted octanol–water partition coefficient (Wildman–Crippen LogP) is 2.63. The Hall–Kier alpha value is -3.82. The Balaban J connectivity index is 0.000000445. The molecule has 188 valence electrons. The molecule has 0 saturated carbocycles. The number of nitrogens with zero attached hydrogens (tertiary/aromatic N) is 4. The highest BCUT2D eigenvalue weighted by molar-refractivity contribution is 5.93. The summed E-state index contributed by atoms with van der Waals surface area (Å²) in [4.78, 5) is 32.5. The SMILES string of the molecule is COC(=O)c1cc2c(=O)n3cccc(C)c3nc2n(CCCN2CCOCC2)c1=N.c1ccccc1. The molecule has 0 atom stereocenters. The molecule has 5 rings (SSSR count). The number of carbonyl (C=O) groups excluding carboxylic acids is 1. The number of carbonyl (C=O) groups is 1. The van der Waals surface area contributed by atoms with Crippen LogP contribution in [0.1, 0.15) is 22.3 Å². The first-order chi connectivity index (χ1) is 17.5. The summed E-state index contributed by atoms with van der Waals surface area (Å²) in [5.41, 5.74) is 1.60. The first-order valence-corrected chi connectivity index (χ1v) is 12.0. The average Bonchev–Trinajstić information content (AvgIpc) is 2.92. The van der Waals surface area contributed by atoms with Gasteiger partial charge < -0.3 is 14.0 Å². The van der Waals surface area contributed by atoms with Crippen LogP contribution in [0.25, 0.3) is 16.7 Å². The molecule has 0 bridgehead atoms. The Bertz CT molecular complexity index is 1430. The van der Waals surface area contributed by atoms with Crippen molar-refractivity contribution in [3.8, 4) is 0 Å². The van der Waals surface area contributed by atoms with E-state index in [4.69, 9.17) is 19.9 Å². The molecule has 9 heteroatoms. The van der Waals surface area contributed by atoms with Gasteiger partial charge in [0.05, 0.1) is 25.7 Å². The smallest absolute Gasteiger partial charge is 0.341 e. The van der Waals surface area contributed by atoms with Crippen molar-refractivity contribution in [3.05, 3.63) is 87.8 Å². The molecule has 1 N–H and O–H groups in total. The maximum Gasteiger partial charge on any atom is 0.341 e. The van der Waals surface area contributed by atoms with E-state index in [-0.39, 0.29) is 16.6 Å². The van der Waals surface area contributed by atoms with E-state index >= 15 is 0 Å². The van der Waals surface area contributed by atoms with E-state index in [1.54, 1.807) is 16.8 Å². The van der Waals surface area contributed by atoms with Crippen LogP contribution in [-0.4, -0.2) is 64.8 Å². The highest BCUT2D eigenvalue weighted by Gasteiger charge is 2.18. The van der Waals surface area contributed by atoms with Gasteiger partial charge in [-0.05, 0) is 31.0 Å². The molecule has 0 radical (unpaired) electrons. The van der Waals surface area contributed by atoms with Crippen LogP contribution in [0, 0.1) is 12.3 Å². The minimum Gasteiger partial charge on any atom is -0.465 e. The number of hydrogen-bond donors (Lipinski definition) is 1. The van der Waals surface area contributed by atoms with Crippen LogP contribution >= 0.6 is 0 Å². The second-order valence-corrected chi connectivity index (χ2v) is 8.55. The Morgan fingerprint density at radius 1 is 1.06 bits per heavy atom. The van der Waals surface area contributed by atoms with Crippen LogP contribution in [0.2, 0.25) is 0 Å². The summed E-state index contributed by atoms with van der Waals surface area (Å²) in [5, 5.41) is 8.89. The van der Waals surface area contributed by atoms with Gasteiger partial charge >= 0.3 is 5.97 Å². The minimum absolute atomic E-state index is 0.00108. The first-order valence-electron chi connectivity index (χ1n) is 12.0. The number of benzene rings is 1. The van der Waals surface area contributed by atoms with E-state index in [0.29, 0.717) is 23.2 Å². The van der Waals surface area contributed by atoms with Crippen LogP contribution in [0.15, 0.2) is 65.6 Å². The molecular formula is C27H31N5O4. The number of aromatic nitrogens is 3. The van der Waals surface area contributed by atoms with Crippen molar-refractivity contribution in [3.63, 3.8) is 0 Å². The number of esters is 1. The number of nitrogens with one attached hydrogen (secondary N) is 1. The van der Waals surface area contributed by atoms with Crippen LogP contribution < -0.4 is 11.0 Å². The van der Waals surface area contributed by atoms with E-state index < -0.39 is 5.97 Å². The number of ether oxygens (including phenoxy) is 2. The summed E-state index contributed by atoms with van der Waals surface area (Å²) in [7, 11) is 1.27. The second kappa shape index (κ2) is 11.7. The van der Waals surface area contributed by atoms with Crippen molar-refractivity contribution >= 4 is 22.6 Å². The Labute approximate surface area is 209 Å². The quantitative estimate of drug-likeness (QED) is 0.342. The molecule has 9 nitrogen and oxygen atoms in total. The Morgan fingerprint density at radius 3 is 2.36 bits per heavy atom. The lowest BCUT2D eigenvalue weighted by atomic mass is 10.2. The molecule has 36 heavy (non-hydrogen) atoms. The zero-order valence-corrected chi connectivity index (χ0v) is 20.6. The number of methoxy groups -OCH3 is 1. The van der Waals surface area contributed by atoms with E-state index in [2.05, 4.69) is 4.90 Å². The lowest BCUT2D eigenvalue weighted by Crippen LogP contribution is -2.37. The summed E-state index contributed by atoms with van der Waals surface area (Å²) >= 11 is 0. The van der Waals surface area contributed by atoms with Crippen molar-refractivity contribution in [2.45, 2.75) is 19.9 Å². The lowest BCUT2D eigenvalue weighted by Gasteiger charge is -2.26. The molecule has 1 saturated heterocycles. The summed E-state index contributed by atoms with van der Waals surface area (Å²) < 4.78 is 13.4. The van der Waals surface area contributed by atoms with E-state index in [0.717, 1.165) is 44.8 Å². The largest absolute Gasteiger partial charge is 0.465 e. The van der Waals surface area contributed by atoms with Crippen molar-refractivity contribution in [2.75, 3.05) is 40.0 Å². The van der Waals surface area contributed by atoms with Gasteiger partial charge in [0.2, 0.25) is 0 Å². The van der Waals surface area contributed by atoms with Crippen molar-refractivity contribution in [1.82, 2.24) is 18.9 Å². The van der Waals surface area contributed by atoms with Gasteiger partial charge in [-0.15, -0.1) is 0 Å². The Morgan fingerprint density at radius 2 is 1.72 bits per heavy atom. The van der Waals surface area contributed by atoms with Gasteiger partial charge in [-0.25, -0.2) is 9.78 Å². The summed E-state index contributed by atoms with van der Waals surface area (Å²) in [6.07, 6.45) is 2.41. The fourth-order valence-electron chi connectivity index (χ4n) is 4.24. The topological polar surface area (TPSA) is 102 Å². The van der Waals surface area contributed by atoms with Gasteiger partial charge in [0.1, 0.15) is 22.3 Å². The van der Waals surface area contributed by atoms with Gasteiger partial charge in [-0.3, -0.25) is 19.5 Å². The number of fused-ring (bicyclic) bond motifs is 2. The van der Waals surface area contributed by atoms with Crippen molar-refractivity contribution in [2.24, 2.45) is 0 Å². The molecule has 1 fully saturated rings. The Kier molecular flexibility index (Phi) is 8.24. The molecule has 0 aliphatic carbocycles. The van der Waals surface area contributed by atoms with Gasteiger partial charge in [-0.1, -0.05) is 42.5 Å². The zero-order chi connectivity index (χ0) is 25.5. The minimum atomic E-state index is -0.641. The van der Waals surface area contributed by atoms with Crippen LogP contribution in [0.3, 0.4) is 0 Å². The summed E-state index contributed by atoms with van der Waals surface area (Å²) in [5.74, 6) is -0.641. The third-order valence-corrected chi connectivity index (χ3v) is 6.17. The molecule has 0 spiro atoms. The standard InChI is InChI=1S/C21H25N5O4.C6H6/c1-14-5-3-7-26-18(14)23-19-16(20(26)27)13-15(21(28)29-2)17(22)25(19)8-4-6-24-9-11-30-12-10-24;1-2-4-6-5-3-1/h3,5,7,13,22H,4,6,8-12H2,1-2H3;1-6H. The number of hydrogen-bond acceptors (Lipinski definition) is 7. The fraction of sp³-hybridized carbons (Fsp3) is 0.333. The molecule has 0 amide bonds. The first kappa shape index (κ1) is 25.3. The van der Waals surface area contributed by atoms with Gasteiger partial charge in [-0.2, -0.15) is 0 Å². The number of pyridine rings is 2. The van der Waals surface area contributed by atoms with E-state index in [1.165, 1.54) is 17.6 Å². The van der Waals surface area contributed by atoms with E-state index in [9.17, 15) is 9.59 Å². The molecule has 1 aromatic carbocycles. The van der Waals surface area contributed by atoms with Crippen LogP contribution in [0.4, 0.5) is 0 Å². The highest BCUT2D eigenvalue weighted by atomic mass is 16.5. The number of aryl methyl sites for hydroxylation is 2. The molecule has 4 aromatic rings. The normalized spacial score (nSPS) is 13.8. The van der Waals surface area contributed by atoms with Gasteiger partial charge in [0, 0.05) is 32.4 Å². The van der Waals surface area contributed by atoms with Crippen molar-refractivity contribution < 1.29 is 14.3 Å². The zero-order valence-electron chi connectivity index (χ0n) is 20.6. The maximum atomic E-state index is 13.2. The summed E-state index contributed by atoms with van der Waals surface area (Å²) in [6, 6.07) is 17.1. The third kappa shape index (κ3) is 5.53. The van der Waals surface area contributed by atoms with Gasteiger partial charge in [0.15, 0.2) is 0 Å². The van der Waals surface area contributed by atoms with Crippen LogP contribution in [0.5, 0.6) is 0 Å². The molecule has 0 unspecified atom stereocenters. The molecule has 3 aromatic heterocycles. The maximum absolute atomic E-state index is 13.2. The molecule has 4 heterocycles. The predicted molar refractivity (Wildman–Crippen MR) is 137 cm³/mol. The molecule has 1 aliphatic rings. The average molecular weight is 490 g/mol. The van der Waals surface area contributed by atoms with Gasteiger partial charge in [0.25, 0.3) is 5.56 Å². The number of rotatable bonds is 5.